The minimum Gasteiger partial charge on any atom is -0.343 e. The smallest absolute Gasteiger partial charge is 0.230 e. The number of benzene rings is 1. The molecule has 3 rings (SSSR count). The first kappa shape index (κ1) is 14.7. The van der Waals surface area contributed by atoms with Gasteiger partial charge in [-0.2, -0.15) is 4.98 Å². The fraction of sp³-hybridized carbons (Fsp3) is 0.438. The average molecular weight is 303 g/mol. The maximum atomic E-state index is 12.9. The van der Waals surface area contributed by atoms with Crippen molar-refractivity contribution in [2.75, 3.05) is 13.1 Å². The molecule has 0 N–H and O–H groups in total. The zero-order valence-electron chi connectivity index (χ0n) is 12.5. The minimum atomic E-state index is -0.291. The summed E-state index contributed by atoms with van der Waals surface area (Å²) in [7, 11) is 0. The van der Waals surface area contributed by atoms with E-state index < -0.39 is 0 Å². The van der Waals surface area contributed by atoms with Gasteiger partial charge in [-0.25, -0.2) is 4.39 Å². The SMILES string of the molecule is CCC(=O)N1CCC(c2nc(-c3ccc(F)cc3)no2)CC1. The van der Waals surface area contributed by atoms with Gasteiger partial charge in [-0.3, -0.25) is 4.79 Å². The second-order valence-electron chi connectivity index (χ2n) is 5.47. The molecule has 1 aliphatic rings. The van der Waals surface area contributed by atoms with Crippen LogP contribution in [0, 0.1) is 5.82 Å². The zero-order chi connectivity index (χ0) is 15.5. The van der Waals surface area contributed by atoms with E-state index in [9.17, 15) is 9.18 Å². The molecule has 2 heterocycles. The maximum Gasteiger partial charge on any atom is 0.230 e. The molecule has 1 aromatic heterocycles. The third-order valence-electron chi connectivity index (χ3n) is 4.04. The van der Waals surface area contributed by atoms with Gasteiger partial charge in [0.1, 0.15) is 5.82 Å². The number of nitrogens with zero attached hydrogens (tertiary/aromatic N) is 3. The monoisotopic (exact) mass is 303 g/mol. The van der Waals surface area contributed by atoms with Crippen molar-refractivity contribution in [1.82, 2.24) is 15.0 Å². The predicted molar refractivity (Wildman–Crippen MR) is 78.5 cm³/mol. The van der Waals surface area contributed by atoms with Gasteiger partial charge in [0.15, 0.2) is 0 Å². The molecule has 1 amide bonds. The van der Waals surface area contributed by atoms with E-state index in [4.69, 9.17) is 4.52 Å². The van der Waals surface area contributed by atoms with E-state index >= 15 is 0 Å². The number of halogens is 1. The van der Waals surface area contributed by atoms with E-state index in [0.29, 0.717) is 18.1 Å². The molecule has 2 aromatic rings. The molecule has 22 heavy (non-hydrogen) atoms. The Hall–Kier alpha value is -2.24. The molecule has 1 aliphatic heterocycles. The van der Waals surface area contributed by atoms with E-state index in [1.165, 1.54) is 12.1 Å². The lowest BCUT2D eigenvalue weighted by atomic mass is 9.96. The van der Waals surface area contributed by atoms with Crippen LogP contribution in [0.15, 0.2) is 28.8 Å². The quantitative estimate of drug-likeness (QED) is 0.874. The molecule has 1 fully saturated rings. The van der Waals surface area contributed by atoms with Crippen LogP contribution in [-0.2, 0) is 4.79 Å². The van der Waals surface area contributed by atoms with Crippen LogP contribution < -0.4 is 0 Å². The number of aromatic nitrogens is 2. The normalized spacial score (nSPS) is 16.0. The van der Waals surface area contributed by atoms with Crippen LogP contribution in [-0.4, -0.2) is 34.0 Å². The summed E-state index contributed by atoms with van der Waals surface area (Å²) in [5.41, 5.74) is 0.731. The van der Waals surface area contributed by atoms with Gasteiger partial charge in [0, 0.05) is 31.0 Å². The summed E-state index contributed by atoms with van der Waals surface area (Å²) in [5.74, 6) is 1.16. The second kappa shape index (κ2) is 6.25. The Morgan fingerprint density at radius 3 is 2.64 bits per heavy atom. The van der Waals surface area contributed by atoms with Crippen LogP contribution >= 0.6 is 0 Å². The van der Waals surface area contributed by atoms with Gasteiger partial charge in [-0.1, -0.05) is 12.1 Å². The molecule has 1 saturated heterocycles. The Morgan fingerprint density at radius 2 is 2.00 bits per heavy atom. The largest absolute Gasteiger partial charge is 0.343 e. The molecule has 0 bridgehead atoms. The van der Waals surface area contributed by atoms with Gasteiger partial charge in [-0.05, 0) is 37.1 Å². The Bertz CT molecular complexity index is 646. The molecular weight excluding hydrogens is 285 g/mol. The first-order valence-electron chi connectivity index (χ1n) is 7.54. The third kappa shape index (κ3) is 3.00. The minimum absolute atomic E-state index is 0.183. The highest BCUT2D eigenvalue weighted by Crippen LogP contribution is 2.28. The van der Waals surface area contributed by atoms with Gasteiger partial charge in [0.25, 0.3) is 0 Å². The topological polar surface area (TPSA) is 59.2 Å². The van der Waals surface area contributed by atoms with Crippen molar-refractivity contribution >= 4 is 5.91 Å². The highest BCUT2D eigenvalue weighted by molar-refractivity contribution is 5.75. The summed E-state index contributed by atoms with van der Waals surface area (Å²) in [4.78, 5) is 18.0. The van der Waals surface area contributed by atoms with Crippen molar-refractivity contribution in [2.45, 2.75) is 32.1 Å². The number of hydrogen-bond acceptors (Lipinski definition) is 4. The van der Waals surface area contributed by atoms with E-state index in [1.807, 2.05) is 11.8 Å². The number of hydrogen-bond donors (Lipinski definition) is 0. The standard InChI is InChI=1S/C16H18FN3O2/c1-2-14(21)20-9-7-12(8-10-20)16-18-15(19-22-16)11-3-5-13(17)6-4-11/h3-6,12H,2,7-10H2,1H3. The Balaban J connectivity index is 1.67. The van der Waals surface area contributed by atoms with Crippen molar-refractivity contribution in [2.24, 2.45) is 0 Å². The first-order valence-corrected chi connectivity index (χ1v) is 7.54. The van der Waals surface area contributed by atoms with Crippen molar-refractivity contribution in [3.8, 4) is 11.4 Å². The summed E-state index contributed by atoms with van der Waals surface area (Å²) >= 11 is 0. The van der Waals surface area contributed by atoms with E-state index in [-0.39, 0.29) is 17.6 Å². The van der Waals surface area contributed by atoms with Gasteiger partial charge < -0.3 is 9.42 Å². The molecule has 0 radical (unpaired) electrons. The molecule has 0 unspecified atom stereocenters. The van der Waals surface area contributed by atoms with Crippen LogP contribution in [0.5, 0.6) is 0 Å². The van der Waals surface area contributed by atoms with Crippen molar-refractivity contribution in [3.05, 3.63) is 36.0 Å². The van der Waals surface area contributed by atoms with E-state index in [0.717, 1.165) is 31.5 Å². The van der Waals surface area contributed by atoms with Gasteiger partial charge >= 0.3 is 0 Å². The molecule has 0 aliphatic carbocycles. The third-order valence-corrected chi connectivity index (χ3v) is 4.04. The lowest BCUT2D eigenvalue weighted by molar-refractivity contribution is -0.131. The summed E-state index contributed by atoms with van der Waals surface area (Å²) in [6.07, 6.45) is 2.20. The zero-order valence-corrected chi connectivity index (χ0v) is 12.5. The molecule has 0 spiro atoms. The van der Waals surface area contributed by atoms with Gasteiger partial charge in [0.2, 0.25) is 17.6 Å². The fourth-order valence-corrected chi connectivity index (χ4v) is 2.72. The number of piperidine rings is 1. The van der Waals surface area contributed by atoms with Crippen LogP contribution in [0.2, 0.25) is 0 Å². The van der Waals surface area contributed by atoms with E-state index in [1.54, 1.807) is 12.1 Å². The maximum absolute atomic E-state index is 12.9. The number of likely N-dealkylation sites (tertiary alicyclic amines) is 1. The number of amides is 1. The molecule has 1 aromatic carbocycles. The lowest BCUT2D eigenvalue weighted by Crippen LogP contribution is -2.37. The molecule has 6 heteroatoms. The van der Waals surface area contributed by atoms with Crippen molar-refractivity contribution < 1.29 is 13.7 Å². The van der Waals surface area contributed by atoms with Crippen molar-refractivity contribution in [1.29, 1.82) is 0 Å². The van der Waals surface area contributed by atoms with Gasteiger partial charge in [-0.15, -0.1) is 0 Å². The lowest BCUT2D eigenvalue weighted by Gasteiger charge is -2.30. The number of rotatable bonds is 3. The Labute approximate surface area is 128 Å². The second-order valence-corrected chi connectivity index (χ2v) is 5.47. The van der Waals surface area contributed by atoms with Crippen LogP contribution in [0.25, 0.3) is 11.4 Å². The average Bonchev–Trinajstić information content (AvgIpc) is 3.05. The molecule has 0 atom stereocenters. The van der Waals surface area contributed by atoms with Crippen molar-refractivity contribution in [3.63, 3.8) is 0 Å². The summed E-state index contributed by atoms with van der Waals surface area (Å²) < 4.78 is 18.3. The van der Waals surface area contributed by atoms with E-state index in [2.05, 4.69) is 10.1 Å². The molecule has 116 valence electrons. The van der Waals surface area contributed by atoms with Crippen LogP contribution in [0.3, 0.4) is 0 Å². The Morgan fingerprint density at radius 1 is 1.32 bits per heavy atom. The summed E-state index contributed by atoms with van der Waals surface area (Å²) in [6.45, 7) is 3.33. The molecule has 5 nitrogen and oxygen atoms in total. The number of carbonyl (C=O) groups excluding carboxylic acids is 1. The molecular formula is C16H18FN3O2. The fourth-order valence-electron chi connectivity index (χ4n) is 2.72. The summed E-state index contributed by atoms with van der Waals surface area (Å²) in [6, 6.07) is 6.01. The van der Waals surface area contributed by atoms with Gasteiger partial charge in [0.05, 0.1) is 0 Å². The summed E-state index contributed by atoms with van der Waals surface area (Å²) in [5, 5.41) is 3.97. The highest BCUT2D eigenvalue weighted by atomic mass is 19.1. The Kier molecular flexibility index (Phi) is 4.18. The van der Waals surface area contributed by atoms with Crippen LogP contribution in [0.1, 0.15) is 38.0 Å². The predicted octanol–water partition coefficient (Wildman–Crippen LogP) is 2.99. The van der Waals surface area contributed by atoms with Crippen LogP contribution in [0.4, 0.5) is 4.39 Å². The molecule has 0 saturated carbocycles. The number of carbonyl (C=O) groups is 1. The highest BCUT2D eigenvalue weighted by Gasteiger charge is 2.27. The first-order chi connectivity index (χ1) is 10.7.